The molecular weight excluding hydrogens is 164 g/mol. The van der Waals surface area contributed by atoms with Gasteiger partial charge in [-0.15, -0.1) is 0 Å². The Morgan fingerprint density at radius 1 is 1.54 bits per heavy atom. The number of imidazole rings is 1. The van der Waals surface area contributed by atoms with Crippen LogP contribution in [0.3, 0.4) is 0 Å². The van der Waals surface area contributed by atoms with Crippen LogP contribution in [-0.4, -0.2) is 14.7 Å². The fourth-order valence-corrected chi connectivity index (χ4v) is 1.43. The first-order valence-corrected chi connectivity index (χ1v) is 4.23. The number of rotatable bonds is 1. The molecule has 3 heteroatoms. The Balaban J connectivity index is 2.75. The maximum atomic E-state index is 9.39. The third-order valence-electron chi connectivity index (χ3n) is 2.12. The molecule has 0 aliphatic heterocycles. The topological polar surface area (TPSA) is 38.0 Å². The molecule has 0 bridgehead atoms. The highest BCUT2D eigenvalue weighted by atomic mass is 16.3. The van der Waals surface area contributed by atoms with E-state index in [0.717, 1.165) is 16.6 Å². The Morgan fingerprint density at radius 3 is 3.00 bits per heavy atom. The van der Waals surface area contributed by atoms with Crippen LogP contribution in [0.4, 0.5) is 0 Å². The molecule has 1 atom stereocenters. The maximum absolute atomic E-state index is 9.39. The largest absolute Gasteiger partial charge is 0.373 e. The van der Waals surface area contributed by atoms with Crippen molar-refractivity contribution < 1.29 is 5.11 Å². The van der Waals surface area contributed by atoms with Crippen molar-refractivity contribution in [2.45, 2.75) is 20.1 Å². The average Bonchev–Trinajstić information content (AvgIpc) is 2.48. The van der Waals surface area contributed by atoms with Crippen LogP contribution < -0.4 is 0 Å². The van der Waals surface area contributed by atoms with Crippen LogP contribution in [0.2, 0.25) is 0 Å². The third-order valence-corrected chi connectivity index (χ3v) is 2.12. The van der Waals surface area contributed by atoms with Gasteiger partial charge in [0, 0.05) is 0 Å². The molecule has 1 N–H and O–H groups in total. The van der Waals surface area contributed by atoms with Gasteiger partial charge in [-0.25, -0.2) is 4.98 Å². The van der Waals surface area contributed by atoms with E-state index >= 15 is 0 Å². The molecule has 3 nitrogen and oxygen atoms in total. The number of aliphatic hydroxyl groups is 1. The Hall–Kier alpha value is -1.35. The summed E-state index contributed by atoms with van der Waals surface area (Å²) >= 11 is 0. The number of aromatic nitrogens is 2. The molecule has 0 saturated heterocycles. The molecule has 67 valence electrons. The second kappa shape index (κ2) is 2.85. The quantitative estimate of drug-likeness (QED) is 0.715. The molecule has 0 amide bonds. The molecule has 0 saturated carbocycles. The number of hydrogen-bond donors (Lipinski definition) is 1. The number of hydrogen-bond acceptors (Lipinski definition) is 2. The molecule has 1 radical (unpaired) electrons. The monoisotopic (exact) mass is 175 g/mol. The predicted molar refractivity (Wildman–Crippen MR) is 50.2 cm³/mol. The van der Waals surface area contributed by atoms with Crippen molar-refractivity contribution in [2.75, 3.05) is 0 Å². The number of benzene rings is 1. The molecule has 0 spiro atoms. The normalized spacial score (nSPS) is 13.5. The smallest absolute Gasteiger partial charge is 0.179 e. The zero-order valence-corrected chi connectivity index (χ0v) is 7.65. The van der Waals surface area contributed by atoms with Crippen molar-refractivity contribution in [2.24, 2.45) is 0 Å². The van der Waals surface area contributed by atoms with E-state index in [4.69, 9.17) is 0 Å². The molecule has 1 unspecified atom stereocenters. The minimum absolute atomic E-state index is 0.577. The molecule has 2 rings (SSSR count). The summed E-state index contributed by atoms with van der Waals surface area (Å²) in [6, 6.07) is 5.88. The van der Waals surface area contributed by atoms with Gasteiger partial charge in [0.15, 0.2) is 6.33 Å². The van der Waals surface area contributed by atoms with Gasteiger partial charge >= 0.3 is 0 Å². The summed E-state index contributed by atoms with van der Waals surface area (Å²) in [5, 5.41) is 9.39. The van der Waals surface area contributed by atoms with E-state index < -0.39 is 6.23 Å². The van der Waals surface area contributed by atoms with Gasteiger partial charge < -0.3 is 5.11 Å². The van der Waals surface area contributed by atoms with Crippen molar-refractivity contribution in [1.29, 1.82) is 0 Å². The minimum atomic E-state index is -0.577. The highest BCUT2D eigenvalue weighted by molar-refractivity contribution is 5.78. The Morgan fingerprint density at radius 2 is 2.31 bits per heavy atom. The Kier molecular flexibility index (Phi) is 1.81. The lowest BCUT2D eigenvalue weighted by atomic mass is 10.2. The lowest BCUT2D eigenvalue weighted by molar-refractivity contribution is 0.128. The zero-order chi connectivity index (χ0) is 9.42. The molecule has 13 heavy (non-hydrogen) atoms. The Labute approximate surface area is 76.6 Å². The number of para-hydroxylation sites is 1. The highest BCUT2D eigenvalue weighted by Crippen LogP contribution is 2.18. The molecule has 1 heterocycles. The molecule has 0 aliphatic rings. The summed E-state index contributed by atoms with van der Waals surface area (Å²) in [5.74, 6) is 0. The van der Waals surface area contributed by atoms with Crippen molar-refractivity contribution in [3.63, 3.8) is 0 Å². The van der Waals surface area contributed by atoms with Crippen LogP contribution >= 0.6 is 0 Å². The number of aliphatic hydroxyl groups excluding tert-OH is 1. The van der Waals surface area contributed by atoms with Gasteiger partial charge in [0.1, 0.15) is 6.23 Å². The molecule has 2 aromatic rings. The SMILES string of the molecule is Cc1cccc2c1n[c]n2C(C)O. The Bertz CT molecular complexity index is 431. The molecule has 0 aliphatic carbocycles. The van der Waals surface area contributed by atoms with Crippen LogP contribution in [0.15, 0.2) is 18.2 Å². The minimum Gasteiger partial charge on any atom is -0.373 e. The van der Waals surface area contributed by atoms with E-state index in [1.54, 1.807) is 11.5 Å². The summed E-state index contributed by atoms with van der Waals surface area (Å²) in [6.07, 6.45) is 2.19. The lowest BCUT2D eigenvalue weighted by Gasteiger charge is -2.05. The third kappa shape index (κ3) is 1.21. The number of aryl methyl sites for hydroxylation is 1. The van der Waals surface area contributed by atoms with Crippen LogP contribution in [0.1, 0.15) is 18.7 Å². The van der Waals surface area contributed by atoms with Crippen LogP contribution in [-0.2, 0) is 0 Å². The van der Waals surface area contributed by atoms with E-state index in [2.05, 4.69) is 11.3 Å². The number of fused-ring (bicyclic) bond motifs is 1. The van der Waals surface area contributed by atoms with Gasteiger partial charge in [-0.05, 0) is 25.5 Å². The second-order valence-corrected chi connectivity index (χ2v) is 3.16. The van der Waals surface area contributed by atoms with E-state index in [1.807, 2.05) is 25.1 Å². The van der Waals surface area contributed by atoms with Gasteiger partial charge in [-0.3, -0.25) is 4.57 Å². The van der Waals surface area contributed by atoms with Crippen molar-refractivity contribution in [3.05, 3.63) is 30.1 Å². The lowest BCUT2D eigenvalue weighted by Crippen LogP contribution is -2.01. The summed E-state index contributed by atoms with van der Waals surface area (Å²) in [4.78, 5) is 4.12. The standard InChI is InChI=1S/C10H11N2O/c1-7-4-3-5-9-10(7)11-6-12(9)8(2)13/h3-5,8,13H,1-2H3. The number of nitrogens with zero attached hydrogens (tertiary/aromatic N) is 2. The van der Waals surface area contributed by atoms with Gasteiger partial charge in [-0.2, -0.15) is 0 Å². The first-order chi connectivity index (χ1) is 6.20. The summed E-state index contributed by atoms with van der Waals surface area (Å²) < 4.78 is 1.63. The maximum Gasteiger partial charge on any atom is 0.179 e. The van der Waals surface area contributed by atoms with Crippen LogP contribution in [0, 0.1) is 13.3 Å². The van der Waals surface area contributed by atoms with Crippen LogP contribution in [0.25, 0.3) is 11.0 Å². The fourth-order valence-electron chi connectivity index (χ4n) is 1.43. The van der Waals surface area contributed by atoms with Gasteiger partial charge in [0.25, 0.3) is 0 Å². The molecule has 1 aromatic heterocycles. The van der Waals surface area contributed by atoms with Crippen LogP contribution in [0.5, 0.6) is 0 Å². The van der Waals surface area contributed by atoms with E-state index in [1.165, 1.54) is 0 Å². The van der Waals surface area contributed by atoms with Gasteiger partial charge in [-0.1, -0.05) is 12.1 Å². The van der Waals surface area contributed by atoms with E-state index in [-0.39, 0.29) is 0 Å². The summed E-state index contributed by atoms with van der Waals surface area (Å²) in [5.41, 5.74) is 2.94. The molecular formula is C10H11N2O. The molecule has 0 fully saturated rings. The zero-order valence-electron chi connectivity index (χ0n) is 7.65. The first kappa shape index (κ1) is 8.26. The summed E-state index contributed by atoms with van der Waals surface area (Å²) in [6.45, 7) is 3.69. The highest BCUT2D eigenvalue weighted by Gasteiger charge is 2.07. The average molecular weight is 175 g/mol. The molecule has 1 aromatic carbocycles. The van der Waals surface area contributed by atoms with Gasteiger partial charge in [0.2, 0.25) is 0 Å². The van der Waals surface area contributed by atoms with E-state index in [9.17, 15) is 5.11 Å². The van der Waals surface area contributed by atoms with E-state index in [0.29, 0.717) is 0 Å². The predicted octanol–water partition coefficient (Wildman–Crippen LogP) is 1.66. The van der Waals surface area contributed by atoms with Gasteiger partial charge in [0.05, 0.1) is 11.0 Å². The fraction of sp³-hybridized carbons (Fsp3) is 0.300. The van der Waals surface area contributed by atoms with Crippen molar-refractivity contribution in [1.82, 2.24) is 9.55 Å². The van der Waals surface area contributed by atoms with Crippen molar-refractivity contribution >= 4 is 11.0 Å². The van der Waals surface area contributed by atoms with Crippen molar-refractivity contribution in [3.8, 4) is 0 Å². The second-order valence-electron chi connectivity index (χ2n) is 3.16. The first-order valence-electron chi connectivity index (χ1n) is 4.23. The summed E-state index contributed by atoms with van der Waals surface area (Å²) in [7, 11) is 0.